The van der Waals surface area contributed by atoms with Crippen LogP contribution in [-0.4, -0.2) is 51.5 Å². The molecule has 0 bridgehead atoms. The van der Waals surface area contributed by atoms with Gasteiger partial charge in [0.15, 0.2) is 11.0 Å². The summed E-state index contributed by atoms with van der Waals surface area (Å²) in [4.78, 5) is 14.8. The molecule has 0 radical (unpaired) electrons. The largest absolute Gasteiger partial charge is 0.497 e. The molecule has 1 aromatic heterocycles. The number of hydrogen-bond donors (Lipinski definition) is 0. The minimum atomic E-state index is 0.218. The Kier molecular flexibility index (Phi) is 6.97. The van der Waals surface area contributed by atoms with Gasteiger partial charge in [-0.15, -0.1) is 10.2 Å². The fraction of sp³-hybridized carbons (Fsp3) is 0.609. The molecule has 30 heavy (non-hydrogen) atoms. The Morgan fingerprint density at radius 1 is 1.10 bits per heavy atom. The van der Waals surface area contributed by atoms with Crippen molar-refractivity contribution in [3.63, 3.8) is 0 Å². The van der Waals surface area contributed by atoms with Gasteiger partial charge in [-0.3, -0.25) is 9.36 Å². The predicted octanol–water partition coefficient (Wildman–Crippen LogP) is 4.81. The third kappa shape index (κ3) is 4.82. The van der Waals surface area contributed by atoms with E-state index in [0.717, 1.165) is 54.6 Å². The Bertz CT molecular complexity index is 845. The fourth-order valence-electron chi connectivity index (χ4n) is 4.61. The van der Waals surface area contributed by atoms with Gasteiger partial charge in [0.1, 0.15) is 5.75 Å². The van der Waals surface area contributed by atoms with Gasteiger partial charge in [-0.25, -0.2) is 0 Å². The molecule has 2 fully saturated rings. The van der Waals surface area contributed by atoms with Crippen molar-refractivity contribution in [1.29, 1.82) is 0 Å². The highest BCUT2D eigenvalue weighted by Gasteiger charge is 2.26. The number of aromatic nitrogens is 3. The van der Waals surface area contributed by atoms with Gasteiger partial charge in [0.25, 0.3) is 0 Å². The summed E-state index contributed by atoms with van der Waals surface area (Å²) >= 11 is 1.54. The molecule has 2 heterocycles. The highest BCUT2D eigenvalue weighted by molar-refractivity contribution is 7.99. The lowest BCUT2D eigenvalue weighted by molar-refractivity contribution is -0.130. The summed E-state index contributed by atoms with van der Waals surface area (Å²) in [6.45, 7) is 4.00. The van der Waals surface area contributed by atoms with Crippen LogP contribution in [0, 0.1) is 5.92 Å². The van der Waals surface area contributed by atoms with Crippen LogP contribution in [0.2, 0.25) is 0 Å². The molecular weight excluding hydrogens is 396 g/mol. The van der Waals surface area contributed by atoms with Gasteiger partial charge in [-0.05, 0) is 55.9 Å². The van der Waals surface area contributed by atoms with Gasteiger partial charge < -0.3 is 9.64 Å². The highest BCUT2D eigenvalue weighted by Crippen LogP contribution is 2.36. The number of rotatable bonds is 6. The second-order valence-corrected chi connectivity index (χ2v) is 9.51. The van der Waals surface area contributed by atoms with Crippen LogP contribution in [0.1, 0.15) is 57.9 Å². The van der Waals surface area contributed by atoms with Crippen LogP contribution < -0.4 is 4.74 Å². The summed E-state index contributed by atoms with van der Waals surface area (Å²) in [5.74, 6) is 2.97. The highest BCUT2D eigenvalue weighted by atomic mass is 32.2. The Labute approximate surface area is 183 Å². The number of carbonyl (C=O) groups excluding carboxylic acids is 1. The normalized spacial score (nSPS) is 20.3. The number of likely N-dealkylation sites (tertiary alicyclic amines) is 1. The number of nitrogens with zero attached hydrogens (tertiary/aromatic N) is 4. The smallest absolute Gasteiger partial charge is 0.233 e. The molecule has 1 aliphatic carbocycles. The molecule has 7 heteroatoms. The molecule has 1 saturated heterocycles. The first-order valence-corrected chi connectivity index (χ1v) is 12.1. The summed E-state index contributed by atoms with van der Waals surface area (Å²) in [6, 6.07) is 8.40. The van der Waals surface area contributed by atoms with E-state index in [9.17, 15) is 4.79 Å². The van der Waals surface area contributed by atoms with Crippen LogP contribution in [0.5, 0.6) is 5.75 Å². The zero-order valence-corrected chi connectivity index (χ0v) is 18.9. The van der Waals surface area contributed by atoms with Crippen molar-refractivity contribution in [2.75, 3.05) is 26.0 Å². The number of hydrogen-bond acceptors (Lipinski definition) is 5. The molecule has 0 spiro atoms. The molecule has 1 aromatic carbocycles. The zero-order chi connectivity index (χ0) is 20.9. The van der Waals surface area contributed by atoms with Crippen LogP contribution in [0.25, 0.3) is 11.4 Å². The first kappa shape index (κ1) is 21.2. The van der Waals surface area contributed by atoms with Gasteiger partial charge in [0.2, 0.25) is 5.91 Å². The third-order valence-electron chi connectivity index (χ3n) is 6.29. The first-order chi connectivity index (χ1) is 14.7. The second-order valence-electron chi connectivity index (χ2n) is 8.57. The van der Waals surface area contributed by atoms with E-state index < -0.39 is 0 Å². The number of carbonyl (C=O) groups is 1. The van der Waals surface area contributed by atoms with Crippen molar-refractivity contribution in [3.8, 4) is 17.1 Å². The maximum Gasteiger partial charge on any atom is 0.233 e. The Morgan fingerprint density at radius 2 is 1.87 bits per heavy atom. The van der Waals surface area contributed by atoms with E-state index in [1.807, 2.05) is 29.2 Å². The van der Waals surface area contributed by atoms with Crippen LogP contribution in [0.3, 0.4) is 0 Å². The zero-order valence-electron chi connectivity index (χ0n) is 18.0. The molecule has 1 aliphatic heterocycles. The minimum Gasteiger partial charge on any atom is -0.497 e. The molecule has 1 atom stereocenters. The summed E-state index contributed by atoms with van der Waals surface area (Å²) in [5, 5.41) is 9.93. The Balaban J connectivity index is 1.54. The number of amides is 1. The van der Waals surface area contributed by atoms with Crippen molar-refractivity contribution in [1.82, 2.24) is 19.7 Å². The molecule has 4 rings (SSSR count). The van der Waals surface area contributed by atoms with Crippen molar-refractivity contribution < 1.29 is 9.53 Å². The van der Waals surface area contributed by atoms with Crippen molar-refractivity contribution in [2.24, 2.45) is 5.92 Å². The lowest BCUT2D eigenvalue weighted by Crippen LogP contribution is -2.40. The minimum absolute atomic E-state index is 0.218. The maximum absolute atomic E-state index is 12.8. The average Bonchev–Trinajstić information content (AvgIpc) is 3.22. The van der Waals surface area contributed by atoms with Crippen molar-refractivity contribution >= 4 is 17.7 Å². The summed E-state index contributed by atoms with van der Waals surface area (Å²) < 4.78 is 7.59. The van der Waals surface area contributed by atoms with Crippen LogP contribution in [-0.2, 0) is 4.79 Å². The molecule has 2 aromatic rings. The van der Waals surface area contributed by atoms with E-state index >= 15 is 0 Å². The van der Waals surface area contributed by atoms with Crippen LogP contribution >= 0.6 is 11.8 Å². The standard InChI is InChI=1S/C23H32N4O2S/c1-17-7-6-14-26(15-17)21(28)16-30-23-25-24-22(18-10-12-20(29-2)13-11-18)27(23)19-8-4-3-5-9-19/h10-13,17,19H,3-9,14-16H2,1-2H3. The first-order valence-electron chi connectivity index (χ1n) is 11.2. The molecule has 1 saturated carbocycles. The van der Waals surface area contributed by atoms with Crippen LogP contribution in [0.4, 0.5) is 0 Å². The van der Waals surface area contributed by atoms with Gasteiger partial charge in [0.05, 0.1) is 12.9 Å². The van der Waals surface area contributed by atoms with Gasteiger partial charge in [0, 0.05) is 24.7 Å². The van der Waals surface area contributed by atoms with Crippen molar-refractivity contribution in [2.45, 2.75) is 63.1 Å². The van der Waals surface area contributed by atoms with E-state index in [1.54, 1.807) is 18.9 Å². The van der Waals surface area contributed by atoms with E-state index in [-0.39, 0.29) is 5.91 Å². The number of benzene rings is 1. The monoisotopic (exact) mass is 428 g/mol. The Hall–Kier alpha value is -2.02. The topological polar surface area (TPSA) is 60.3 Å². The molecule has 6 nitrogen and oxygen atoms in total. The van der Waals surface area contributed by atoms with E-state index in [0.29, 0.717) is 17.7 Å². The number of methoxy groups -OCH3 is 1. The van der Waals surface area contributed by atoms with Gasteiger partial charge >= 0.3 is 0 Å². The number of piperidine rings is 1. The average molecular weight is 429 g/mol. The van der Waals surface area contributed by atoms with E-state index in [2.05, 4.69) is 21.7 Å². The fourth-order valence-corrected chi connectivity index (χ4v) is 5.52. The van der Waals surface area contributed by atoms with Gasteiger partial charge in [-0.2, -0.15) is 0 Å². The molecule has 162 valence electrons. The Morgan fingerprint density at radius 3 is 2.57 bits per heavy atom. The molecular formula is C23H32N4O2S. The lowest BCUT2D eigenvalue weighted by Gasteiger charge is -2.31. The summed E-state index contributed by atoms with van der Waals surface area (Å²) in [6.07, 6.45) is 8.39. The number of thioether (sulfide) groups is 1. The predicted molar refractivity (Wildman–Crippen MR) is 120 cm³/mol. The summed E-state index contributed by atoms with van der Waals surface area (Å²) in [5.41, 5.74) is 1.04. The van der Waals surface area contributed by atoms with E-state index in [1.165, 1.54) is 25.7 Å². The van der Waals surface area contributed by atoms with Gasteiger partial charge in [-0.1, -0.05) is 37.9 Å². The van der Waals surface area contributed by atoms with Crippen molar-refractivity contribution in [3.05, 3.63) is 24.3 Å². The van der Waals surface area contributed by atoms with E-state index in [4.69, 9.17) is 4.74 Å². The molecule has 2 aliphatic rings. The molecule has 1 amide bonds. The summed E-state index contributed by atoms with van der Waals surface area (Å²) in [7, 11) is 1.67. The maximum atomic E-state index is 12.8. The third-order valence-corrected chi connectivity index (χ3v) is 7.21. The lowest BCUT2D eigenvalue weighted by atomic mass is 9.95. The van der Waals surface area contributed by atoms with Crippen LogP contribution in [0.15, 0.2) is 29.4 Å². The SMILES string of the molecule is COc1ccc(-c2nnc(SCC(=O)N3CCCC(C)C3)n2C2CCCCC2)cc1. The quantitative estimate of drug-likeness (QED) is 0.618. The second kappa shape index (κ2) is 9.86. The molecule has 1 unspecified atom stereocenters. The number of ether oxygens (including phenoxy) is 1. The molecule has 0 N–H and O–H groups in total.